The molecule has 0 bridgehead atoms. The van der Waals surface area contributed by atoms with E-state index in [1.54, 1.807) is 24.3 Å². The SMILES string of the molecule is C[C@@H](NC(=S)Nc1ccc(Cl)cc1)c1ccc(F)cc1. The van der Waals surface area contributed by atoms with Gasteiger partial charge in [0.05, 0.1) is 6.04 Å². The number of thiocarbonyl (C=S) groups is 1. The summed E-state index contributed by atoms with van der Waals surface area (Å²) in [6.07, 6.45) is 0. The van der Waals surface area contributed by atoms with E-state index in [1.165, 1.54) is 12.1 Å². The van der Waals surface area contributed by atoms with Crippen LogP contribution >= 0.6 is 23.8 Å². The van der Waals surface area contributed by atoms with Gasteiger partial charge >= 0.3 is 0 Å². The minimum atomic E-state index is -0.247. The van der Waals surface area contributed by atoms with Crippen LogP contribution in [0.3, 0.4) is 0 Å². The van der Waals surface area contributed by atoms with Crippen molar-refractivity contribution in [1.82, 2.24) is 5.32 Å². The molecule has 0 heterocycles. The summed E-state index contributed by atoms with van der Waals surface area (Å²) in [6.45, 7) is 1.96. The molecule has 0 fully saturated rings. The van der Waals surface area contributed by atoms with E-state index < -0.39 is 0 Å². The molecule has 0 saturated heterocycles. The molecule has 2 aromatic carbocycles. The maximum atomic E-state index is 12.9. The third kappa shape index (κ3) is 4.18. The molecule has 0 radical (unpaired) electrons. The standard InChI is InChI=1S/C15H14ClFN2S/c1-10(11-2-6-13(17)7-3-11)18-15(20)19-14-8-4-12(16)5-9-14/h2-10H,1H3,(H2,18,19,20)/t10-/m1/s1. The van der Waals surface area contributed by atoms with E-state index in [9.17, 15) is 4.39 Å². The first-order valence-electron chi connectivity index (χ1n) is 6.13. The largest absolute Gasteiger partial charge is 0.356 e. The van der Waals surface area contributed by atoms with Crippen LogP contribution in [-0.4, -0.2) is 5.11 Å². The molecule has 0 aliphatic carbocycles. The van der Waals surface area contributed by atoms with Gasteiger partial charge in [-0.3, -0.25) is 0 Å². The van der Waals surface area contributed by atoms with Crippen LogP contribution in [0.15, 0.2) is 48.5 Å². The van der Waals surface area contributed by atoms with Crippen molar-refractivity contribution in [3.05, 3.63) is 64.9 Å². The highest BCUT2D eigenvalue weighted by Crippen LogP contribution is 2.15. The second-order valence-corrected chi connectivity index (χ2v) is 5.22. The molecule has 0 aromatic heterocycles. The van der Waals surface area contributed by atoms with Crippen LogP contribution in [0, 0.1) is 5.82 Å². The third-order valence-corrected chi connectivity index (χ3v) is 3.29. The summed E-state index contributed by atoms with van der Waals surface area (Å²) < 4.78 is 12.9. The highest BCUT2D eigenvalue weighted by atomic mass is 35.5. The maximum absolute atomic E-state index is 12.9. The smallest absolute Gasteiger partial charge is 0.171 e. The van der Waals surface area contributed by atoms with Crippen LogP contribution in [0.2, 0.25) is 5.02 Å². The van der Waals surface area contributed by atoms with Crippen molar-refractivity contribution in [3.8, 4) is 0 Å². The summed E-state index contributed by atoms with van der Waals surface area (Å²) >= 11 is 11.1. The summed E-state index contributed by atoms with van der Waals surface area (Å²) in [7, 11) is 0. The van der Waals surface area contributed by atoms with Gasteiger partial charge in [-0.2, -0.15) is 0 Å². The Morgan fingerprint density at radius 3 is 2.30 bits per heavy atom. The zero-order chi connectivity index (χ0) is 14.5. The van der Waals surface area contributed by atoms with Gasteiger partial charge in [0.2, 0.25) is 0 Å². The van der Waals surface area contributed by atoms with Gasteiger partial charge < -0.3 is 10.6 Å². The Kier molecular flexibility index (Phi) is 4.93. The van der Waals surface area contributed by atoms with Gasteiger partial charge in [-0.15, -0.1) is 0 Å². The molecule has 0 amide bonds. The Hall–Kier alpha value is -1.65. The van der Waals surface area contributed by atoms with Gasteiger partial charge in [-0.1, -0.05) is 23.7 Å². The van der Waals surface area contributed by atoms with Crippen molar-refractivity contribution < 1.29 is 4.39 Å². The molecule has 0 saturated carbocycles. The molecule has 2 nitrogen and oxygen atoms in total. The Morgan fingerprint density at radius 1 is 1.10 bits per heavy atom. The van der Waals surface area contributed by atoms with Gasteiger partial charge in [0, 0.05) is 10.7 Å². The summed E-state index contributed by atoms with van der Waals surface area (Å²) in [5, 5.41) is 7.39. The Labute approximate surface area is 128 Å². The second-order valence-electron chi connectivity index (χ2n) is 4.38. The van der Waals surface area contributed by atoms with E-state index in [2.05, 4.69) is 10.6 Å². The first-order chi connectivity index (χ1) is 9.54. The predicted octanol–water partition coefficient (Wildman–Crippen LogP) is 4.53. The fourth-order valence-electron chi connectivity index (χ4n) is 1.73. The van der Waals surface area contributed by atoms with Crippen LogP contribution in [0.1, 0.15) is 18.5 Å². The third-order valence-electron chi connectivity index (χ3n) is 2.82. The van der Waals surface area contributed by atoms with Crippen molar-refractivity contribution in [2.75, 3.05) is 5.32 Å². The molecule has 1 atom stereocenters. The number of rotatable bonds is 3. The maximum Gasteiger partial charge on any atom is 0.171 e. The van der Waals surface area contributed by atoms with Gasteiger partial charge in [0.1, 0.15) is 5.82 Å². The first kappa shape index (κ1) is 14.8. The minimum absolute atomic E-state index is 0.0112. The highest BCUT2D eigenvalue weighted by Gasteiger charge is 2.07. The normalized spacial score (nSPS) is 11.8. The lowest BCUT2D eigenvalue weighted by atomic mass is 10.1. The molecule has 0 unspecified atom stereocenters. The number of hydrogen-bond donors (Lipinski definition) is 2. The summed E-state index contributed by atoms with van der Waals surface area (Å²) in [4.78, 5) is 0. The van der Waals surface area contributed by atoms with Crippen LogP contribution in [0.4, 0.5) is 10.1 Å². The Morgan fingerprint density at radius 2 is 1.70 bits per heavy atom. The van der Waals surface area contributed by atoms with Gasteiger partial charge in [-0.25, -0.2) is 4.39 Å². The van der Waals surface area contributed by atoms with Gasteiger partial charge in [-0.05, 0) is 61.1 Å². The molecule has 0 spiro atoms. The summed E-state index contributed by atoms with van der Waals surface area (Å²) in [5.74, 6) is -0.247. The molecule has 5 heteroatoms. The van der Waals surface area contributed by atoms with E-state index in [4.69, 9.17) is 23.8 Å². The lowest BCUT2D eigenvalue weighted by molar-refractivity contribution is 0.624. The predicted molar refractivity (Wildman–Crippen MR) is 85.6 cm³/mol. The molecule has 2 rings (SSSR count). The summed E-state index contributed by atoms with van der Waals surface area (Å²) in [6, 6.07) is 13.6. The fraction of sp³-hybridized carbons (Fsp3) is 0.133. The number of anilines is 1. The Bertz CT molecular complexity index is 584. The van der Waals surface area contributed by atoms with Crippen molar-refractivity contribution in [2.45, 2.75) is 13.0 Å². The lowest BCUT2D eigenvalue weighted by Gasteiger charge is -2.17. The van der Waals surface area contributed by atoms with Crippen molar-refractivity contribution in [3.63, 3.8) is 0 Å². The fourth-order valence-corrected chi connectivity index (χ4v) is 2.15. The number of halogens is 2. The average molecular weight is 309 g/mol. The minimum Gasteiger partial charge on any atom is -0.356 e. The molecule has 20 heavy (non-hydrogen) atoms. The second kappa shape index (κ2) is 6.68. The Balaban J connectivity index is 1.93. The first-order valence-corrected chi connectivity index (χ1v) is 6.92. The average Bonchev–Trinajstić information content (AvgIpc) is 2.42. The molecule has 104 valence electrons. The van der Waals surface area contributed by atoms with Crippen LogP contribution in [-0.2, 0) is 0 Å². The van der Waals surface area contributed by atoms with Crippen LogP contribution in [0.5, 0.6) is 0 Å². The molecular formula is C15H14ClFN2S. The van der Waals surface area contributed by atoms with Crippen LogP contribution in [0.25, 0.3) is 0 Å². The van der Waals surface area contributed by atoms with E-state index in [-0.39, 0.29) is 11.9 Å². The van der Waals surface area contributed by atoms with Crippen molar-refractivity contribution in [2.24, 2.45) is 0 Å². The van der Waals surface area contributed by atoms with E-state index in [1.807, 2.05) is 19.1 Å². The van der Waals surface area contributed by atoms with Crippen molar-refractivity contribution in [1.29, 1.82) is 0 Å². The molecule has 0 aliphatic heterocycles. The number of benzene rings is 2. The molecular weight excluding hydrogens is 295 g/mol. The number of hydrogen-bond acceptors (Lipinski definition) is 1. The van der Waals surface area contributed by atoms with Gasteiger partial charge in [0.15, 0.2) is 5.11 Å². The topological polar surface area (TPSA) is 24.1 Å². The monoisotopic (exact) mass is 308 g/mol. The van der Waals surface area contributed by atoms with E-state index in [0.29, 0.717) is 10.1 Å². The highest BCUT2D eigenvalue weighted by molar-refractivity contribution is 7.80. The lowest BCUT2D eigenvalue weighted by Crippen LogP contribution is -2.30. The quantitative estimate of drug-likeness (QED) is 0.815. The van der Waals surface area contributed by atoms with E-state index in [0.717, 1.165) is 11.3 Å². The summed E-state index contributed by atoms with van der Waals surface area (Å²) in [5.41, 5.74) is 1.82. The zero-order valence-corrected chi connectivity index (χ0v) is 12.4. The molecule has 2 N–H and O–H groups in total. The molecule has 0 aliphatic rings. The van der Waals surface area contributed by atoms with Gasteiger partial charge in [0.25, 0.3) is 0 Å². The zero-order valence-electron chi connectivity index (χ0n) is 10.9. The number of nitrogens with one attached hydrogen (secondary N) is 2. The van der Waals surface area contributed by atoms with Crippen LogP contribution < -0.4 is 10.6 Å². The van der Waals surface area contributed by atoms with Crippen molar-refractivity contribution >= 4 is 34.6 Å². The molecule has 2 aromatic rings. The van der Waals surface area contributed by atoms with E-state index >= 15 is 0 Å².